The minimum atomic E-state index is -2.97. The normalized spacial score (nSPS) is 19.1. The largest absolute Gasteiger partial charge is 0.444 e. The van der Waals surface area contributed by atoms with Crippen LogP contribution in [0.3, 0.4) is 0 Å². The maximum absolute atomic E-state index is 14.4. The molecule has 3 rings (SSSR count). The highest BCUT2D eigenvalue weighted by atomic mass is 19.3. The van der Waals surface area contributed by atoms with Crippen LogP contribution in [0.2, 0.25) is 0 Å². The van der Waals surface area contributed by atoms with Crippen LogP contribution >= 0.6 is 0 Å². The summed E-state index contributed by atoms with van der Waals surface area (Å²) >= 11 is 0. The zero-order chi connectivity index (χ0) is 21.6. The summed E-state index contributed by atoms with van der Waals surface area (Å²) in [6.07, 6.45) is 0.342. The zero-order valence-corrected chi connectivity index (χ0v) is 16.8. The minimum Gasteiger partial charge on any atom is -0.444 e. The van der Waals surface area contributed by atoms with E-state index in [0.29, 0.717) is 10.2 Å². The molecule has 0 saturated carbocycles. The van der Waals surface area contributed by atoms with Crippen LogP contribution < -0.4 is 0 Å². The molecule has 1 saturated heterocycles. The van der Waals surface area contributed by atoms with Gasteiger partial charge in [-0.1, -0.05) is 6.07 Å². The zero-order valence-electron chi connectivity index (χ0n) is 16.8. The Hall–Kier alpha value is -2.62. The molecule has 0 radical (unpaired) electrons. The summed E-state index contributed by atoms with van der Waals surface area (Å²) in [4.78, 5) is 18.0. The number of aromatic nitrogens is 3. The van der Waals surface area contributed by atoms with Crippen molar-refractivity contribution >= 4 is 6.09 Å². The van der Waals surface area contributed by atoms with Crippen LogP contribution in [0.4, 0.5) is 18.0 Å². The van der Waals surface area contributed by atoms with Crippen LogP contribution in [0.1, 0.15) is 52.8 Å². The Balaban J connectivity index is 2.01. The van der Waals surface area contributed by atoms with Crippen molar-refractivity contribution in [2.45, 2.75) is 58.5 Å². The molecule has 1 amide bonds. The van der Waals surface area contributed by atoms with Gasteiger partial charge >= 0.3 is 12.6 Å². The van der Waals surface area contributed by atoms with Crippen LogP contribution in [0.25, 0.3) is 11.4 Å². The third kappa shape index (κ3) is 4.21. The van der Waals surface area contributed by atoms with Gasteiger partial charge in [-0.15, -0.1) is 0 Å². The standard InChI is InChI=1S/C19H23F3N4O3/c1-18(2,3)29-17(27)25-14(9-28-19(25,4)5)11-6-7-13(20)12(8-11)15-23-10-24-26(15)16(21)22/h6-8,10,14,16H,9H2,1-5H3. The lowest BCUT2D eigenvalue weighted by Crippen LogP contribution is -2.47. The Morgan fingerprint density at radius 3 is 2.66 bits per heavy atom. The van der Waals surface area contributed by atoms with Gasteiger partial charge in [-0.2, -0.15) is 18.6 Å². The first-order chi connectivity index (χ1) is 13.4. The van der Waals surface area contributed by atoms with E-state index in [2.05, 4.69) is 10.1 Å². The molecule has 2 heterocycles. The maximum Gasteiger partial charge on any atom is 0.413 e. The Morgan fingerprint density at radius 1 is 1.34 bits per heavy atom. The van der Waals surface area contributed by atoms with Crippen molar-refractivity contribution in [2.24, 2.45) is 0 Å². The average Bonchev–Trinajstić information content (AvgIpc) is 3.18. The molecule has 1 aliphatic rings. The molecule has 1 aliphatic heterocycles. The average molecular weight is 412 g/mol. The van der Waals surface area contributed by atoms with Crippen LogP contribution in [-0.4, -0.2) is 43.7 Å². The Morgan fingerprint density at radius 2 is 2.03 bits per heavy atom. The lowest BCUT2D eigenvalue weighted by Gasteiger charge is -2.35. The lowest BCUT2D eigenvalue weighted by molar-refractivity contribution is -0.0626. The topological polar surface area (TPSA) is 69.5 Å². The summed E-state index contributed by atoms with van der Waals surface area (Å²) in [6.45, 7) is 5.84. The highest BCUT2D eigenvalue weighted by Gasteiger charge is 2.46. The fourth-order valence-corrected chi connectivity index (χ4v) is 3.21. The molecule has 1 atom stereocenters. The molecule has 7 nitrogen and oxygen atoms in total. The first-order valence-electron chi connectivity index (χ1n) is 9.04. The van der Waals surface area contributed by atoms with Crippen molar-refractivity contribution in [1.82, 2.24) is 19.7 Å². The van der Waals surface area contributed by atoms with Crippen molar-refractivity contribution in [2.75, 3.05) is 6.61 Å². The summed E-state index contributed by atoms with van der Waals surface area (Å²) in [5.41, 5.74) is -1.33. The smallest absolute Gasteiger partial charge is 0.413 e. The van der Waals surface area contributed by atoms with Gasteiger partial charge in [-0.25, -0.2) is 14.2 Å². The molecule has 1 fully saturated rings. The number of amides is 1. The van der Waals surface area contributed by atoms with Gasteiger partial charge in [0.2, 0.25) is 0 Å². The molecule has 0 spiro atoms. The maximum atomic E-state index is 14.4. The summed E-state index contributed by atoms with van der Waals surface area (Å²) < 4.78 is 52.3. The molecule has 1 unspecified atom stereocenters. The molecule has 10 heteroatoms. The summed E-state index contributed by atoms with van der Waals surface area (Å²) in [5.74, 6) is -1.04. The molecule has 1 aromatic carbocycles. The van der Waals surface area contributed by atoms with Crippen LogP contribution in [0.5, 0.6) is 0 Å². The Kier molecular flexibility index (Phi) is 5.33. The number of rotatable bonds is 3. The van der Waals surface area contributed by atoms with E-state index in [1.807, 2.05) is 0 Å². The minimum absolute atomic E-state index is 0.138. The number of nitrogens with zero attached hydrogens (tertiary/aromatic N) is 4. The van der Waals surface area contributed by atoms with Gasteiger partial charge < -0.3 is 9.47 Å². The number of halogens is 3. The molecule has 0 aliphatic carbocycles. The number of hydrogen-bond acceptors (Lipinski definition) is 5. The van der Waals surface area contributed by atoms with E-state index in [0.717, 1.165) is 12.4 Å². The van der Waals surface area contributed by atoms with Gasteiger partial charge in [-0.3, -0.25) is 4.90 Å². The van der Waals surface area contributed by atoms with Crippen molar-refractivity contribution < 1.29 is 27.4 Å². The van der Waals surface area contributed by atoms with Gasteiger partial charge in [0.25, 0.3) is 0 Å². The fourth-order valence-electron chi connectivity index (χ4n) is 3.21. The SMILES string of the molecule is CC(C)(C)OC(=O)N1C(c2ccc(F)c(-c3ncnn3C(F)F)c2)COC1(C)C. The van der Waals surface area contributed by atoms with Gasteiger partial charge in [0.15, 0.2) is 5.82 Å². The van der Waals surface area contributed by atoms with Crippen LogP contribution in [-0.2, 0) is 9.47 Å². The van der Waals surface area contributed by atoms with Gasteiger partial charge in [0, 0.05) is 0 Å². The van der Waals surface area contributed by atoms with E-state index in [1.165, 1.54) is 17.0 Å². The van der Waals surface area contributed by atoms with E-state index < -0.39 is 35.8 Å². The predicted octanol–water partition coefficient (Wildman–Crippen LogP) is 4.52. The number of alkyl halides is 2. The van der Waals surface area contributed by atoms with Crippen molar-refractivity contribution in [3.63, 3.8) is 0 Å². The van der Waals surface area contributed by atoms with Crippen molar-refractivity contribution in [1.29, 1.82) is 0 Å². The monoisotopic (exact) mass is 412 g/mol. The van der Waals surface area contributed by atoms with E-state index in [4.69, 9.17) is 9.47 Å². The quantitative estimate of drug-likeness (QED) is 0.741. The second-order valence-corrected chi connectivity index (χ2v) is 8.17. The second-order valence-electron chi connectivity index (χ2n) is 8.17. The lowest BCUT2D eigenvalue weighted by atomic mass is 10.0. The summed E-state index contributed by atoms with van der Waals surface area (Å²) in [5, 5.41) is 3.45. The van der Waals surface area contributed by atoms with Gasteiger partial charge in [-0.05, 0) is 52.3 Å². The van der Waals surface area contributed by atoms with Crippen LogP contribution in [0.15, 0.2) is 24.5 Å². The molecule has 2 aromatic rings. The molecule has 1 aromatic heterocycles. The molecule has 0 N–H and O–H groups in total. The third-order valence-electron chi connectivity index (χ3n) is 4.45. The van der Waals surface area contributed by atoms with E-state index in [1.54, 1.807) is 34.6 Å². The van der Waals surface area contributed by atoms with Crippen molar-refractivity contribution in [3.05, 3.63) is 35.9 Å². The first-order valence-corrected chi connectivity index (χ1v) is 9.04. The molecular formula is C19H23F3N4O3. The highest BCUT2D eigenvalue weighted by molar-refractivity contribution is 5.70. The van der Waals surface area contributed by atoms with Gasteiger partial charge in [0.1, 0.15) is 23.5 Å². The second kappa shape index (κ2) is 7.33. The van der Waals surface area contributed by atoms with E-state index >= 15 is 0 Å². The Labute approximate surface area is 166 Å². The molecule has 158 valence electrons. The third-order valence-corrected chi connectivity index (χ3v) is 4.45. The number of carbonyl (C=O) groups is 1. The van der Waals surface area contributed by atoms with E-state index in [9.17, 15) is 18.0 Å². The van der Waals surface area contributed by atoms with Crippen LogP contribution in [0, 0.1) is 5.82 Å². The molecule has 29 heavy (non-hydrogen) atoms. The molecule has 0 bridgehead atoms. The Bertz CT molecular complexity index is 908. The fraction of sp³-hybridized carbons (Fsp3) is 0.526. The first kappa shape index (κ1) is 21.1. The number of benzene rings is 1. The highest BCUT2D eigenvalue weighted by Crippen LogP contribution is 2.39. The number of carbonyl (C=O) groups excluding carboxylic acids is 1. The number of ether oxygens (including phenoxy) is 2. The molecular weight excluding hydrogens is 389 g/mol. The van der Waals surface area contributed by atoms with E-state index in [-0.39, 0.29) is 18.0 Å². The summed E-state index contributed by atoms with van der Waals surface area (Å²) in [7, 11) is 0. The number of hydrogen-bond donors (Lipinski definition) is 0. The van der Waals surface area contributed by atoms with Gasteiger partial charge in [0.05, 0.1) is 18.2 Å². The predicted molar refractivity (Wildman–Crippen MR) is 97.5 cm³/mol. The summed E-state index contributed by atoms with van der Waals surface area (Å²) in [6, 6.07) is 3.41. The van der Waals surface area contributed by atoms with Crippen molar-refractivity contribution in [3.8, 4) is 11.4 Å².